The molecule has 0 bridgehead atoms. The molecule has 1 amide bonds. The maximum atomic E-state index is 12.8. The Labute approximate surface area is 160 Å². The van der Waals surface area contributed by atoms with Crippen LogP contribution in [0, 0.1) is 0 Å². The molecular weight excluding hydrogens is 362 g/mol. The molecule has 0 unspecified atom stereocenters. The van der Waals surface area contributed by atoms with Gasteiger partial charge in [-0.3, -0.25) is 9.89 Å². The number of hydrogen-bond acceptors (Lipinski definition) is 7. The molecule has 1 fully saturated rings. The summed E-state index contributed by atoms with van der Waals surface area (Å²) in [6.45, 7) is 1.34. The van der Waals surface area contributed by atoms with Crippen molar-refractivity contribution in [2.45, 2.75) is 12.5 Å². The van der Waals surface area contributed by atoms with Crippen molar-refractivity contribution >= 4 is 5.91 Å². The van der Waals surface area contributed by atoms with Crippen molar-refractivity contribution in [1.82, 2.24) is 25.1 Å². The maximum Gasteiger partial charge on any atom is 0.272 e. The highest BCUT2D eigenvalue weighted by Crippen LogP contribution is 2.35. The lowest BCUT2D eigenvalue weighted by atomic mass is 10.1. The standard InChI is InChI=1S/C19H17N5O4/c25-19(24-6-4-13(9-24)28-18-3-5-20-10-21-18)15-8-14(22-23-15)12-1-2-16-17(7-12)27-11-26-16/h1-3,5,7-8,10,13H,4,6,9,11H2,(H,22,23)/t13-/m1/s1. The smallest absolute Gasteiger partial charge is 0.272 e. The third-order valence-corrected chi connectivity index (χ3v) is 4.75. The summed E-state index contributed by atoms with van der Waals surface area (Å²) in [7, 11) is 0. The van der Waals surface area contributed by atoms with Gasteiger partial charge >= 0.3 is 0 Å². The first-order chi connectivity index (χ1) is 13.8. The van der Waals surface area contributed by atoms with Gasteiger partial charge in [0.05, 0.1) is 12.2 Å². The number of benzene rings is 1. The van der Waals surface area contributed by atoms with Crippen molar-refractivity contribution in [3.8, 4) is 28.6 Å². The van der Waals surface area contributed by atoms with E-state index in [1.54, 1.807) is 23.2 Å². The first kappa shape index (κ1) is 16.5. The van der Waals surface area contributed by atoms with E-state index in [9.17, 15) is 4.79 Å². The molecule has 1 saturated heterocycles. The number of nitrogens with zero attached hydrogens (tertiary/aromatic N) is 4. The second-order valence-corrected chi connectivity index (χ2v) is 6.56. The number of carbonyl (C=O) groups is 1. The van der Waals surface area contributed by atoms with Gasteiger partial charge in [-0.1, -0.05) is 0 Å². The molecule has 1 atom stereocenters. The van der Waals surface area contributed by atoms with Crippen molar-refractivity contribution in [1.29, 1.82) is 0 Å². The predicted octanol–water partition coefficient (Wildman–Crippen LogP) is 1.89. The number of H-pyrrole nitrogens is 1. The molecule has 28 heavy (non-hydrogen) atoms. The molecular formula is C19H17N5O4. The minimum Gasteiger partial charge on any atom is -0.472 e. The number of nitrogens with one attached hydrogen (secondary N) is 1. The highest BCUT2D eigenvalue weighted by atomic mass is 16.7. The minimum absolute atomic E-state index is 0.0879. The summed E-state index contributed by atoms with van der Waals surface area (Å²) < 4.78 is 16.5. The first-order valence-corrected chi connectivity index (χ1v) is 8.93. The second-order valence-electron chi connectivity index (χ2n) is 6.56. The van der Waals surface area contributed by atoms with Crippen LogP contribution >= 0.6 is 0 Å². The van der Waals surface area contributed by atoms with Crippen LogP contribution in [-0.4, -0.2) is 57.0 Å². The molecule has 1 aromatic carbocycles. The molecule has 5 rings (SSSR count). The van der Waals surface area contributed by atoms with Crippen molar-refractivity contribution in [3.05, 3.63) is 48.5 Å². The molecule has 3 aromatic rings. The average Bonchev–Trinajstić information content (AvgIpc) is 3.48. The van der Waals surface area contributed by atoms with Crippen molar-refractivity contribution in [2.75, 3.05) is 19.9 Å². The molecule has 1 N–H and O–H groups in total. The molecule has 0 saturated carbocycles. The number of amides is 1. The molecule has 0 spiro atoms. The van der Waals surface area contributed by atoms with Crippen LogP contribution in [0.2, 0.25) is 0 Å². The van der Waals surface area contributed by atoms with Crippen LogP contribution < -0.4 is 14.2 Å². The summed E-state index contributed by atoms with van der Waals surface area (Å²) in [5.41, 5.74) is 1.97. The van der Waals surface area contributed by atoms with Crippen molar-refractivity contribution < 1.29 is 19.0 Å². The van der Waals surface area contributed by atoms with Crippen LogP contribution in [0.1, 0.15) is 16.9 Å². The fourth-order valence-electron chi connectivity index (χ4n) is 3.33. The molecule has 0 radical (unpaired) electrons. The number of likely N-dealkylation sites (tertiary alicyclic amines) is 1. The van der Waals surface area contributed by atoms with Gasteiger partial charge in [0.15, 0.2) is 11.5 Å². The number of hydrogen-bond donors (Lipinski definition) is 1. The third kappa shape index (κ3) is 3.11. The summed E-state index contributed by atoms with van der Waals surface area (Å²) in [6, 6.07) is 9.03. The molecule has 2 aliphatic heterocycles. The van der Waals surface area contributed by atoms with Crippen LogP contribution in [0.15, 0.2) is 42.9 Å². The molecule has 9 nitrogen and oxygen atoms in total. The van der Waals surface area contributed by atoms with Gasteiger partial charge in [-0.2, -0.15) is 5.10 Å². The SMILES string of the molecule is O=C(c1cc(-c2ccc3c(c2)OCO3)n[nH]1)N1CC[C@@H](Oc2ccncn2)C1. The molecule has 4 heterocycles. The molecule has 142 valence electrons. The van der Waals surface area contributed by atoms with E-state index in [1.165, 1.54) is 6.33 Å². The Balaban J connectivity index is 1.26. The molecule has 2 aliphatic rings. The zero-order chi connectivity index (χ0) is 18.9. The van der Waals surface area contributed by atoms with E-state index in [0.29, 0.717) is 41.9 Å². The van der Waals surface area contributed by atoms with Crippen LogP contribution in [0.5, 0.6) is 17.4 Å². The monoisotopic (exact) mass is 379 g/mol. The Hall–Kier alpha value is -3.62. The molecule has 2 aromatic heterocycles. The quantitative estimate of drug-likeness (QED) is 0.738. The zero-order valence-corrected chi connectivity index (χ0v) is 14.9. The highest BCUT2D eigenvalue weighted by Gasteiger charge is 2.29. The summed E-state index contributed by atoms with van der Waals surface area (Å²) in [6.07, 6.45) is 3.73. The maximum absolute atomic E-state index is 12.8. The summed E-state index contributed by atoms with van der Waals surface area (Å²) in [4.78, 5) is 22.5. The highest BCUT2D eigenvalue weighted by molar-refractivity contribution is 5.93. The van der Waals surface area contributed by atoms with Gasteiger partial charge in [0.25, 0.3) is 5.91 Å². The summed E-state index contributed by atoms with van der Waals surface area (Å²) in [5, 5.41) is 7.11. The fraction of sp³-hybridized carbons (Fsp3) is 0.263. The Morgan fingerprint density at radius 2 is 2.14 bits per heavy atom. The first-order valence-electron chi connectivity index (χ1n) is 8.93. The van der Waals surface area contributed by atoms with E-state index >= 15 is 0 Å². The number of aromatic amines is 1. The lowest BCUT2D eigenvalue weighted by molar-refractivity contribution is 0.0765. The van der Waals surface area contributed by atoms with Crippen LogP contribution in [0.4, 0.5) is 0 Å². The lowest BCUT2D eigenvalue weighted by Crippen LogP contribution is -2.31. The average molecular weight is 379 g/mol. The Bertz CT molecular complexity index is 1010. The minimum atomic E-state index is -0.103. The zero-order valence-electron chi connectivity index (χ0n) is 14.9. The van der Waals surface area contributed by atoms with Crippen molar-refractivity contribution in [2.24, 2.45) is 0 Å². The predicted molar refractivity (Wildman–Crippen MR) is 97.1 cm³/mol. The number of fused-ring (bicyclic) bond motifs is 1. The van der Waals surface area contributed by atoms with E-state index in [4.69, 9.17) is 14.2 Å². The van der Waals surface area contributed by atoms with E-state index in [1.807, 2.05) is 18.2 Å². The van der Waals surface area contributed by atoms with E-state index in [2.05, 4.69) is 20.2 Å². The van der Waals surface area contributed by atoms with Gasteiger partial charge in [-0.05, 0) is 24.3 Å². The Morgan fingerprint density at radius 3 is 3.04 bits per heavy atom. The van der Waals surface area contributed by atoms with Gasteiger partial charge < -0.3 is 19.1 Å². The largest absolute Gasteiger partial charge is 0.472 e. The van der Waals surface area contributed by atoms with Gasteiger partial charge in [-0.15, -0.1) is 0 Å². The van der Waals surface area contributed by atoms with Crippen LogP contribution in [0.25, 0.3) is 11.3 Å². The third-order valence-electron chi connectivity index (χ3n) is 4.75. The van der Waals surface area contributed by atoms with E-state index in [0.717, 1.165) is 12.0 Å². The summed E-state index contributed by atoms with van der Waals surface area (Å²) >= 11 is 0. The normalized spacial score (nSPS) is 17.7. The van der Waals surface area contributed by atoms with E-state index in [-0.39, 0.29) is 18.8 Å². The van der Waals surface area contributed by atoms with Gasteiger partial charge in [0.1, 0.15) is 18.1 Å². The lowest BCUT2D eigenvalue weighted by Gasteiger charge is -2.15. The van der Waals surface area contributed by atoms with Crippen LogP contribution in [0.3, 0.4) is 0 Å². The fourth-order valence-corrected chi connectivity index (χ4v) is 3.33. The van der Waals surface area contributed by atoms with Gasteiger partial charge in [-0.25, -0.2) is 9.97 Å². The number of carbonyl (C=O) groups excluding carboxylic acids is 1. The molecule has 9 heteroatoms. The van der Waals surface area contributed by atoms with Crippen LogP contribution in [-0.2, 0) is 0 Å². The summed E-state index contributed by atoms with van der Waals surface area (Å²) in [5.74, 6) is 1.80. The topological polar surface area (TPSA) is 102 Å². The Morgan fingerprint density at radius 1 is 1.21 bits per heavy atom. The Kier molecular flexibility index (Phi) is 4.04. The van der Waals surface area contributed by atoms with E-state index < -0.39 is 0 Å². The number of aromatic nitrogens is 4. The van der Waals surface area contributed by atoms with Crippen molar-refractivity contribution in [3.63, 3.8) is 0 Å². The molecule has 0 aliphatic carbocycles. The number of rotatable bonds is 4. The van der Waals surface area contributed by atoms with Gasteiger partial charge in [0, 0.05) is 30.8 Å². The number of ether oxygens (including phenoxy) is 3. The second kappa shape index (κ2) is 6.84. The van der Waals surface area contributed by atoms with Gasteiger partial charge in [0.2, 0.25) is 12.7 Å².